The van der Waals surface area contributed by atoms with Gasteiger partial charge in [0.05, 0.1) is 22.9 Å². The number of carbonyl (C=O) groups excluding carboxylic acids is 1. The van der Waals surface area contributed by atoms with Crippen LogP contribution in [0.3, 0.4) is 0 Å². The third kappa shape index (κ3) is 2.92. The molecule has 1 aromatic heterocycles. The third-order valence-electron chi connectivity index (χ3n) is 3.74. The van der Waals surface area contributed by atoms with Gasteiger partial charge in [0.15, 0.2) is 0 Å². The highest BCUT2D eigenvalue weighted by Crippen LogP contribution is 2.25. The second-order valence-corrected chi connectivity index (χ2v) is 6.66. The van der Waals surface area contributed by atoms with E-state index in [1.165, 1.54) is 18.4 Å². The van der Waals surface area contributed by atoms with Crippen molar-refractivity contribution in [3.63, 3.8) is 0 Å². The summed E-state index contributed by atoms with van der Waals surface area (Å²) in [5, 5.41) is 2.86. The molecule has 1 heterocycles. The van der Waals surface area contributed by atoms with E-state index >= 15 is 0 Å². The largest absolute Gasteiger partial charge is 0.496 e. The first kappa shape index (κ1) is 16.3. The molecule has 0 unspecified atom stereocenters. The average Bonchev–Trinajstić information content (AvgIpc) is 2.89. The maximum atomic E-state index is 12.5. The number of methoxy groups -OCH3 is 1. The number of anilines is 1. The van der Waals surface area contributed by atoms with Crippen molar-refractivity contribution in [2.45, 2.75) is 19.9 Å². The maximum absolute atomic E-state index is 12.5. The fraction of sp³-hybridized carbons (Fsp3) is 0.222. The molecule has 124 valence electrons. The van der Waals surface area contributed by atoms with Gasteiger partial charge in [0.2, 0.25) is 0 Å². The molecule has 0 atom stereocenters. The zero-order valence-electron chi connectivity index (χ0n) is 13.7. The van der Waals surface area contributed by atoms with Crippen molar-refractivity contribution in [2.75, 3.05) is 12.4 Å². The van der Waals surface area contributed by atoms with Crippen LogP contribution in [-0.2, 0) is 0 Å². The molecule has 0 spiro atoms. The van der Waals surface area contributed by atoms with Gasteiger partial charge in [-0.3, -0.25) is 14.2 Å². The first-order valence-corrected chi connectivity index (χ1v) is 8.42. The minimum atomic E-state index is -0.248. The fourth-order valence-electron chi connectivity index (χ4n) is 2.63. The number of nitrogens with zero attached hydrogens (tertiary/aromatic N) is 1. The molecule has 3 aromatic rings. The number of benzene rings is 2. The summed E-state index contributed by atoms with van der Waals surface area (Å²) in [6.45, 7) is 3.95. The molecule has 0 aliphatic rings. The lowest BCUT2D eigenvalue weighted by Gasteiger charge is -2.10. The Hall–Kier alpha value is -2.60. The lowest BCUT2D eigenvalue weighted by molar-refractivity contribution is 0.102. The van der Waals surface area contributed by atoms with Gasteiger partial charge < -0.3 is 10.1 Å². The number of ether oxygens (including phenoxy) is 1. The van der Waals surface area contributed by atoms with Crippen LogP contribution < -0.4 is 14.9 Å². The minimum absolute atomic E-state index is 0.00760. The molecular weight excluding hydrogens is 324 g/mol. The van der Waals surface area contributed by atoms with Gasteiger partial charge >= 0.3 is 4.87 Å². The van der Waals surface area contributed by atoms with Crippen molar-refractivity contribution in [3.05, 3.63) is 57.7 Å². The molecule has 0 saturated heterocycles. The van der Waals surface area contributed by atoms with Gasteiger partial charge in [-0.25, -0.2) is 0 Å². The number of nitrogens with one attached hydrogen (secondary N) is 1. The van der Waals surface area contributed by atoms with Crippen molar-refractivity contribution >= 4 is 33.1 Å². The van der Waals surface area contributed by atoms with Crippen LogP contribution in [0.15, 0.2) is 47.3 Å². The molecule has 5 nitrogen and oxygen atoms in total. The summed E-state index contributed by atoms with van der Waals surface area (Å²) in [4.78, 5) is 24.6. The Kier molecular flexibility index (Phi) is 4.40. The number of hydrogen-bond acceptors (Lipinski definition) is 4. The van der Waals surface area contributed by atoms with Gasteiger partial charge in [-0.15, -0.1) is 0 Å². The summed E-state index contributed by atoms with van der Waals surface area (Å²) in [6, 6.07) is 12.6. The quantitative estimate of drug-likeness (QED) is 0.782. The number of hydrogen-bond donors (Lipinski definition) is 1. The number of aromatic nitrogens is 1. The van der Waals surface area contributed by atoms with Crippen molar-refractivity contribution in [3.8, 4) is 5.75 Å². The topological polar surface area (TPSA) is 60.3 Å². The van der Waals surface area contributed by atoms with Crippen molar-refractivity contribution in [1.82, 2.24) is 4.57 Å². The Labute approximate surface area is 143 Å². The summed E-state index contributed by atoms with van der Waals surface area (Å²) in [7, 11) is 1.53. The highest BCUT2D eigenvalue weighted by Gasteiger charge is 2.14. The number of para-hydroxylation sites is 1. The smallest absolute Gasteiger partial charge is 0.308 e. The molecule has 1 amide bonds. The second kappa shape index (κ2) is 6.49. The lowest BCUT2D eigenvalue weighted by Crippen LogP contribution is -2.14. The Balaban J connectivity index is 1.93. The number of fused-ring (bicyclic) bond motifs is 1. The van der Waals surface area contributed by atoms with E-state index < -0.39 is 0 Å². The van der Waals surface area contributed by atoms with Crippen molar-refractivity contribution < 1.29 is 9.53 Å². The molecule has 0 aliphatic heterocycles. The van der Waals surface area contributed by atoms with E-state index in [1.807, 2.05) is 32.0 Å². The second-order valence-electron chi connectivity index (χ2n) is 5.67. The molecule has 1 N–H and O–H groups in total. The van der Waals surface area contributed by atoms with Crippen LogP contribution >= 0.6 is 11.3 Å². The molecule has 3 rings (SSSR count). The lowest BCUT2D eigenvalue weighted by atomic mass is 10.2. The highest BCUT2D eigenvalue weighted by molar-refractivity contribution is 7.16. The minimum Gasteiger partial charge on any atom is -0.496 e. The van der Waals surface area contributed by atoms with Gasteiger partial charge in [0.25, 0.3) is 5.91 Å². The van der Waals surface area contributed by atoms with E-state index in [-0.39, 0.29) is 16.8 Å². The van der Waals surface area contributed by atoms with Gasteiger partial charge in [-0.1, -0.05) is 23.5 Å². The fourth-order valence-corrected chi connectivity index (χ4v) is 3.69. The van der Waals surface area contributed by atoms with Crippen LogP contribution in [0.2, 0.25) is 0 Å². The first-order chi connectivity index (χ1) is 11.5. The van der Waals surface area contributed by atoms with E-state index in [9.17, 15) is 9.59 Å². The number of thiazole rings is 1. The molecule has 0 bridgehead atoms. The van der Waals surface area contributed by atoms with E-state index in [0.717, 1.165) is 10.2 Å². The molecule has 6 heteroatoms. The number of amides is 1. The first-order valence-electron chi connectivity index (χ1n) is 7.60. The third-order valence-corrected chi connectivity index (χ3v) is 4.66. The standard InChI is InChI=1S/C18H18N2O3S/c1-11(2)20-14-9-8-12(10-16(14)24-18(20)22)19-17(21)13-6-4-5-7-15(13)23-3/h4-11H,1-3H3,(H,19,21). The SMILES string of the molecule is COc1ccccc1C(=O)Nc1ccc2c(c1)sc(=O)n2C(C)C. The van der Waals surface area contributed by atoms with Gasteiger partial charge in [0.1, 0.15) is 5.75 Å². The van der Waals surface area contributed by atoms with Crippen LogP contribution in [0, 0.1) is 0 Å². The Morgan fingerprint density at radius 2 is 1.96 bits per heavy atom. The predicted molar refractivity (Wildman–Crippen MR) is 97.4 cm³/mol. The summed E-state index contributed by atoms with van der Waals surface area (Å²) in [6.07, 6.45) is 0. The van der Waals surface area contributed by atoms with Crippen LogP contribution in [-0.4, -0.2) is 17.6 Å². The molecule has 24 heavy (non-hydrogen) atoms. The van der Waals surface area contributed by atoms with E-state index in [0.29, 0.717) is 17.0 Å². The Morgan fingerprint density at radius 1 is 1.21 bits per heavy atom. The maximum Gasteiger partial charge on any atom is 0.308 e. The van der Waals surface area contributed by atoms with Crippen LogP contribution in [0.1, 0.15) is 30.2 Å². The molecule has 0 radical (unpaired) electrons. The normalized spacial score (nSPS) is 11.0. The Bertz CT molecular complexity index is 956. The summed E-state index contributed by atoms with van der Waals surface area (Å²) < 4.78 is 7.83. The average molecular weight is 342 g/mol. The van der Waals surface area contributed by atoms with Crippen LogP contribution in [0.4, 0.5) is 5.69 Å². The summed E-state index contributed by atoms with van der Waals surface area (Å²) in [5.74, 6) is 0.272. The van der Waals surface area contributed by atoms with Crippen LogP contribution in [0.5, 0.6) is 5.75 Å². The molecule has 0 aliphatic carbocycles. The Morgan fingerprint density at radius 3 is 2.67 bits per heavy atom. The molecule has 0 saturated carbocycles. The van der Waals surface area contributed by atoms with E-state index in [4.69, 9.17) is 4.74 Å². The molecular formula is C18H18N2O3S. The number of carbonyl (C=O) groups is 1. The van der Waals surface area contributed by atoms with Crippen LogP contribution in [0.25, 0.3) is 10.2 Å². The van der Waals surface area contributed by atoms with E-state index in [2.05, 4.69) is 5.32 Å². The van der Waals surface area contributed by atoms with Gasteiger partial charge in [-0.2, -0.15) is 0 Å². The van der Waals surface area contributed by atoms with Gasteiger partial charge in [-0.05, 0) is 44.2 Å². The zero-order chi connectivity index (χ0) is 17.3. The number of rotatable bonds is 4. The van der Waals surface area contributed by atoms with Crippen molar-refractivity contribution in [1.29, 1.82) is 0 Å². The highest BCUT2D eigenvalue weighted by atomic mass is 32.1. The summed E-state index contributed by atoms with van der Waals surface area (Å²) >= 11 is 1.18. The zero-order valence-corrected chi connectivity index (χ0v) is 14.5. The monoisotopic (exact) mass is 342 g/mol. The van der Waals surface area contributed by atoms with Crippen molar-refractivity contribution in [2.24, 2.45) is 0 Å². The summed E-state index contributed by atoms with van der Waals surface area (Å²) in [5.41, 5.74) is 2.00. The predicted octanol–water partition coefficient (Wildman–Crippen LogP) is 3.90. The molecule has 0 fully saturated rings. The van der Waals surface area contributed by atoms with Gasteiger partial charge in [0, 0.05) is 11.7 Å². The van der Waals surface area contributed by atoms with E-state index in [1.54, 1.807) is 28.8 Å². The molecule has 2 aromatic carbocycles.